The quantitative estimate of drug-likeness (QED) is 0.221. The Hall–Kier alpha value is -1.18. The number of hydrogen-bond donors (Lipinski definition) is 5. The van der Waals surface area contributed by atoms with Crippen LogP contribution in [0.25, 0.3) is 11.2 Å². The predicted octanol–water partition coefficient (Wildman–Crippen LogP) is -0.354. The lowest BCUT2D eigenvalue weighted by molar-refractivity contribution is -0.0354. The summed E-state index contributed by atoms with van der Waals surface area (Å²) in [6.07, 6.45) is -4.26. The van der Waals surface area contributed by atoms with Crippen molar-refractivity contribution >= 4 is 43.5 Å². The molecule has 35 heavy (non-hydrogen) atoms. The second-order valence-electron chi connectivity index (χ2n) is 9.88. The molecule has 3 fully saturated rings. The van der Waals surface area contributed by atoms with Crippen molar-refractivity contribution in [1.82, 2.24) is 24.4 Å². The monoisotopic (exact) mass is 552 g/mol. The molecule has 0 saturated carbocycles. The number of aromatic nitrogens is 4. The van der Waals surface area contributed by atoms with Crippen molar-refractivity contribution in [3.63, 3.8) is 0 Å². The van der Waals surface area contributed by atoms with Gasteiger partial charge in [0.25, 0.3) is 0 Å². The maximum atomic E-state index is 12.1. The first-order chi connectivity index (χ1) is 16.3. The van der Waals surface area contributed by atoms with E-state index in [4.69, 9.17) is 26.1 Å². The van der Waals surface area contributed by atoms with Gasteiger partial charge >= 0.3 is 7.60 Å². The molecule has 0 radical (unpaired) electrons. The third-order valence-electron chi connectivity index (χ3n) is 6.72. The molecule has 3 aliphatic heterocycles. The maximum absolute atomic E-state index is 12.1. The van der Waals surface area contributed by atoms with Gasteiger partial charge in [0, 0.05) is 37.8 Å². The largest absolute Gasteiger partial charge is 0.388 e. The van der Waals surface area contributed by atoms with Crippen molar-refractivity contribution in [2.45, 2.75) is 31.0 Å². The minimum atomic E-state index is -4.69. The summed E-state index contributed by atoms with van der Waals surface area (Å²) in [5.74, 6) is -0.588. The average Bonchev–Trinajstić information content (AvgIpc) is 3.21. The van der Waals surface area contributed by atoms with Gasteiger partial charge in [-0.2, -0.15) is 9.97 Å². The number of rotatable bonds is 7. The summed E-state index contributed by atoms with van der Waals surface area (Å²) in [5.41, 5.74) is 1.01. The van der Waals surface area contributed by atoms with Crippen LogP contribution in [-0.2, 0) is 13.9 Å². The second-order valence-corrected chi connectivity index (χ2v) is 14.8. The zero-order chi connectivity index (χ0) is 25.3. The maximum Gasteiger partial charge on any atom is 0.335 e. The molecular formula is C18H27ClN6O8P2. The van der Waals surface area contributed by atoms with Gasteiger partial charge in [-0.15, -0.1) is 0 Å². The van der Waals surface area contributed by atoms with Gasteiger partial charge in [-0.25, -0.2) is 4.98 Å². The molecule has 2 aromatic heterocycles. The minimum absolute atomic E-state index is 0.0100. The Kier molecular flexibility index (Phi) is 6.33. The Morgan fingerprint density at radius 3 is 2.46 bits per heavy atom. The van der Waals surface area contributed by atoms with Gasteiger partial charge < -0.3 is 39.4 Å². The summed E-state index contributed by atoms with van der Waals surface area (Å²) in [6.45, 7) is 3.64. The molecule has 0 aliphatic carbocycles. The van der Waals surface area contributed by atoms with Crippen molar-refractivity contribution in [3.05, 3.63) is 11.6 Å². The van der Waals surface area contributed by atoms with Crippen molar-refractivity contribution < 1.29 is 38.8 Å². The van der Waals surface area contributed by atoms with Gasteiger partial charge in [0.05, 0.1) is 12.4 Å². The number of imidazole rings is 1. The van der Waals surface area contributed by atoms with Crippen LogP contribution >= 0.6 is 26.6 Å². The molecule has 5 atom stereocenters. The number of hydrogen-bond acceptors (Lipinski definition) is 10. The zero-order valence-electron chi connectivity index (χ0n) is 18.8. The fourth-order valence-corrected chi connectivity index (χ4v) is 9.07. The van der Waals surface area contributed by atoms with Gasteiger partial charge in [0.2, 0.25) is 12.7 Å². The van der Waals surface area contributed by atoms with Crippen LogP contribution < -0.4 is 4.90 Å². The van der Waals surface area contributed by atoms with E-state index in [2.05, 4.69) is 31.8 Å². The molecule has 3 aliphatic rings. The summed E-state index contributed by atoms with van der Waals surface area (Å²) < 4.78 is 30.4. The molecule has 5 unspecified atom stereocenters. The van der Waals surface area contributed by atoms with E-state index >= 15 is 0 Å². The molecule has 3 saturated heterocycles. The van der Waals surface area contributed by atoms with E-state index in [0.29, 0.717) is 17.0 Å². The first kappa shape index (κ1) is 25.5. The van der Waals surface area contributed by atoms with E-state index in [1.54, 1.807) is 0 Å². The van der Waals surface area contributed by atoms with E-state index in [9.17, 15) is 24.2 Å². The second kappa shape index (κ2) is 8.70. The molecule has 2 aromatic rings. The van der Waals surface area contributed by atoms with Crippen molar-refractivity contribution in [2.75, 3.05) is 50.2 Å². The van der Waals surface area contributed by atoms with Gasteiger partial charge in [-0.3, -0.25) is 13.7 Å². The molecule has 1 spiro atoms. The van der Waals surface area contributed by atoms with Gasteiger partial charge in [0.1, 0.15) is 18.1 Å². The van der Waals surface area contributed by atoms with E-state index < -0.39 is 51.6 Å². The molecule has 17 heteroatoms. The molecule has 5 N–H and O–H groups in total. The fourth-order valence-electron chi connectivity index (χ4n) is 5.38. The molecule has 194 valence electrons. The highest BCUT2D eigenvalue weighted by Crippen LogP contribution is 2.55. The first-order valence-corrected chi connectivity index (χ1v) is 15.2. The number of fused-ring (bicyclic) bond motifs is 1. The Morgan fingerprint density at radius 2 is 1.83 bits per heavy atom. The summed E-state index contributed by atoms with van der Waals surface area (Å²) in [6, 6.07) is 0. The SMILES string of the molecule is CN1CC2(C1)CN(c1nc(Cl)nc3c1ncn3C1OC(CCP(=O)(O)CP(=O)(O)O)C(O)C1O)C2. The zero-order valence-corrected chi connectivity index (χ0v) is 21.3. The normalized spacial score (nSPS) is 30.4. The number of aliphatic hydroxyl groups is 2. The van der Waals surface area contributed by atoms with Crippen LogP contribution in [0.1, 0.15) is 12.6 Å². The number of aliphatic hydroxyl groups excluding tert-OH is 2. The van der Waals surface area contributed by atoms with Crippen LogP contribution in [-0.4, -0.2) is 113 Å². The lowest BCUT2D eigenvalue weighted by atomic mass is 9.73. The lowest BCUT2D eigenvalue weighted by Crippen LogP contribution is -2.71. The topological polar surface area (TPSA) is 195 Å². The number of halogens is 1. The number of nitrogens with zero attached hydrogens (tertiary/aromatic N) is 6. The highest BCUT2D eigenvalue weighted by atomic mass is 35.5. The molecule has 0 amide bonds. The third-order valence-corrected chi connectivity index (χ3v) is 11.1. The summed E-state index contributed by atoms with van der Waals surface area (Å²) in [7, 11) is -6.79. The predicted molar refractivity (Wildman–Crippen MR) is 125 cm³/mol. The standard InChI is InChI=1S/C18H27ClN6O8P2/c1-23-4-18(5-23)6-24(7-18)14-11-15(22-17(19)21-14)25(8-20-11)16-13(27)12(26)10(33-16)2-3-34(28,29)9-35(30,31)32/h8,10,12-13,16,26-27H,2-7,9H2,1H3,(H,28,29)(H2,30,31,32). The Bertz CT molecular complexity index is 1230. The summed E-state index contributed by atoms with van der Waals surface area (Å²) in [4.78, 5) is 45.2. The highest BCUT2D eigenvalue weighted by Gasteiger charge is 2.51. The number of likely N-dealkylation sites (tertiary alicyclic amines) is 1. The van der Waals surface area contributed by atoms with Gasteiger partial charge in [-0.1, -0.05) is 0 Å². The van der Waals surface area contributed by atoms with E-state index in [1.807, 2.05) is 0 Å². The van der Waals surface area contributed by atoms with Crippen LogP contribution in [0.2, 0.25) is 5.28 Å². The van der Waals surface area contributed by atoms with Crippen LogP contribution in [0.3, 0.4) is 0 Å². The highest BCUT2D eigenvalue weighted by molar-refractivity contribution is 7.72. The van der Waals surface area contributed by atoms with Crippen LogP contribution in [0, 0.1) is 5.41 Å². The molecular weight excluding hydrogens is 526 g/mol. The number of anilines is 1. The van der Waals surface area contributed by atoms with E-state index in [-0.39, 0.29) is 17.1 Å². The van der Waals surface area contributed by atoms with Gasteiger partial charge in [0.15, 0.2) is 23.2 Å². The van der Waals surface area contributed by atoms with Crippen LogP contribution in [0.4, 0.5) is 5.82 Å². The molecule has 0 aromatic carbocycles. The smallest absolute Gasteiger partial charge is 0.335 e. The van der Waals surface area contributed by atoms with E-state index in [1.165, 1.54) is 10.9 Å². The van der Waals surface area contributed by atoms with Gasteiger partial charge in [-0.05, 0) is 25.1 Å². The lowest BCUT2D eigenvalue weighted by Gasteiger charge is -2.59. The van der Waals surface area contributed by atoms with Crippen molar-refractivity contribution in [3.8, 4) is 0 Å². The number of ether oxygens (including phenoxy) is 1. The minimum Gasteiger partial charge on any atom is -0.388 e. The first-order valence-electron chi connectivity index (χ1n) is 11.0. The molecule has 5 rings (SSSR count). The Labute approximate surface area is 205 Å². The Morgan fingerprint density at radius 1 is 1.14 bits per heavy atom. The van der Waals surface area contributed by atoms with Crippen molar-refractivity contribution in [1.29, 1.82) is 0 Å². The molecule has 0 bridgehead atoms. The third kappa shape index (κ3) is 4.89. The Balaban J connectivity index is 1.33. The average molecular weight is 553 g/mol. The summed E-state index contributed by atoms with van der Waals surface area (Å²) in [5, 5.41) is 21.1. The van der Waals surface area contributed by atoms with Crippen LogP contribution in [0.15, 0.2) is 6.33 Å². The summed E-state index contributed by atoms with van der Waals surface area (Å²) >= 11 is 6.20. The van der Waals surface area contributed by atoms with E-state index in [0.717, 1.165) is 26.2 Å². The van der Waals surface area contributed by atoms with Crippen molar-refractivity contribution in [2.24, 2.45) is 5.41 Å². The van der Waals surface area contributed by atoms with Crippen LogP contribution in [0.5, 0.6) is 0 Å². The molecule has 5 heterocycles. The molecule has 14 nitrogen and oxygen atoms in total. The fraction of sp³-hybridized carbons (Fsp3) is 0.722.